The normalized spacial score (nSPS) is 13.2. The molecule has 0 spiro atoms. The highest BCUT2D eigenvalue weighted by Gasteiger charge is 2.31. The van der Waals surface area contributed by atoms with Gasteiger partial charge in [0.25, 0.3) is 5.69 Å². The number of ketones is 1. The molecule has 196 valence electrons. The van der Waals surface area contributed by atoms with Gasteiger partial charge in [0, 0.05) is 35.8 Å². The minimum absolute atomic E-state index is 0.0692. The van der Waals surface area contributed by atoms with E-state index < -0.39 is 0 Å². The maximum atomic E-state index is 13.2. The smallest absolute Gasteiger partial charge is 0.270 e. The fourth-order valence-corrected chi connectivity index (χ4v) is 4.94. The predicted octanol–water partition coefficient (Wildman–Crippen LogP) is 9.74. The Labute approximate surface area is 212 Å². The Bertz CT molecular complexity index is 903. The van der Waals surface area contributed by atoms with E-state index in [1.807, 2.05) is 6.07 Å². The SMILES string of the molecule is CCCCCCCCCCCCCC(=O)C(C)(CCCC)CCc1cc2cc([N+](=O)[O-])ccc2o1. The first-order valence-corrected chi connectivity index (χ1v) is 14.1. The number of rotatable bonds is 20. The van der Waals surface area contributed by atoms with E-state index in [1.54, 1.807) is 12.1 Å². The van der Waals surface area contributed by atoms with Gasteiger partial charge in [0.15, 0.2) is 0 Å². The average Bonchev–Trinajstić information content (AvgIpc) is 3.27. The number of fused-ring (bicyclic) bond motifs is 1. The van der Waals surface area contributed by atoms with Gasteiger partial charge in [-0.1, -0.05) is 97.8 Å². The minimum atomic E-state index is -0.388. The van der Waals surface area contributed by atoms with Crippen molar-refractivity contribution in [2.24, 2.45) is 5.41 Å². The Hall–Kier alpha value is -2.17. The van der Waals surface area contributed by atoms with E-state index in [4.69, 9.17) is 4.42 Å². The molecule has 0 aliphatic rings. The second-order valence-corrected chi connectivity index (χ2v) is 10.6. The molecule has 0 bridgehead atoms. The molecule has 1 atom stereocenters. The summed E-state index contributed by atoms with van der Waals surface area (Å²) in [5.41, 5.74) is 0.396. The molecule has 0 radical (unpaired) electrons. The summed E-state index contributed by atoms with van der Waals surface area (Å²) in [5, 5.41) is 11.8. The number of hydrogen-bond donors (Lipinski definition) is 0. The first-order chi connectivity index (χ1) is 16.9. The minimum Gasteiger partial charge on any atom is -0.461 e. The maximum Gasteiger partial charge on any atom is 0.270 e. The third-order valence-corrected chi connectivity index (χ3v) is 7.45. The number of carbonyl (C=O) groups excluding carboxylic acids is 1. The quantitative estimate of drug-likeness (QED) is 0.106. The van der Waals surface area contributed by atoms with Crippen LogP contribution in [0.25, 0.3) is 11.0 Å². The molecule has 1 unspecified atom stereocenters. The third kappa shape index (κ3) is 10.1. The van der Waals surface area contributed by atoms with Crippen LogP contribution in [-0.2, 0) is 11.2 Å². The molecule has 1 aromatic heterocycles. The van der Waals surface area contributed by atoms with Crippen molar-refractivity contribution in [1.82, 2.24) is 0 Å². The van der Waals surface area contributed by atoms with Gasteiger partial charge < -0.3 is 4.42 Å². The fraction of sp³-hybridized carbons (Fsp3) is 0.700. The van der Waals surface area contributed by atoms with E-state index >= 15 is 0 Å². The lowest BCUT2D eigenvalue weighted by molar-refractivity contribution is -0.384. The van der Waals surface area contributed by atoms with Crippen molar-refractivity contribution < 1.29 is 14.1 Å². The molecule has 0 saturated carbocycles. The number of nitrogens with zero attached hydrogens (tertiary/aromatic N) is 1. The Morgan fingerprint density at radius 3 is 2.06 bits per heavy atom. The lowest BCUT2D eigenvalue weighted by Gasteiger charge is -2.28. The number of non-ortho nitro benzene ring substituents is 1. The van der Waals surface area contributed by atoms with Gasteiger partial charge in [-0.15, -0.1) is 0 Å². The highest BCUT2D eigenvalue weighted by Crippen LogP contribution is 2.34. The van der Waals surface area contributed by atoms with Crippen LogP contribution in [0.2, 0.25) is 0 Å². The van der Waals surface area contributed by atoms with Crippen molar-refractivity contribution in [1.29, 1.82) is 0 Å². The second-order valence-electron chi connectivity index (χ2n) is 10.6. The van der Waals surface area contributed by atoms with Gasteiger partial charge in [0.1, 0.15) is 17.1 Å². The summed E-state index contributed by atoms with van der Waals surface area (Å²) in [6.07, 6.45) is 19.3. The molecular formula is C30H47NO4. The maximum absolute atomic E-state index is 13.2. The number of nitro benzene ring substituents is 1. The lowest BCUT2D eigenvalue weighted by Crippen LogP contribution is -2.28. The van der Waals surface area contributed by atoms with Gasteiger partial charge >= 0.3 is 0 Å². The highest BCUT2D eigenvalue weighted by molar-refractivity contribution is 5.84. The number of unbranched alkanes of at least 4 members (excludes halogenated alkanes) is 11. The monoisotopic (exact) mass is 485 g/mol. The molecule has 5 nitrogen and oxygen atoms in total. The molecule has 0 fully saturated rings. The summed E-state index contributed by atoms with van der Waals surface area (Å²) in [5.74, 6) is 1.18. The fourth-order valence-electron chi connectivity index (χ4n) is 4.94. The molecule has 2 rings (SSSR count). The van der Waals surface area contributed by atoms with Gasteiger partial charge in [-0.25, -0.2) is 0 Å². The van der Waals surface area contributed by atoms with Crippen molar-refractivity contribution in [3.05, 3.63) is 40.1 Å². The number of Topliss-reactive ketones (excluding diaryl/α,β-unsaturated/α-hetero) is 1. The topological polar surface area (TPSA) is 73.3 Å². The molecule has 0 aliphatic heterocycles. The second kappa shape index (κ2) is 15.7. The van der Waals surface area contributed by atoms with Crippen LogP contribution in [0.5, 0.6) is 0 Å². The molecule has 1 aromatic carbocycles. The largest absolute Gasteiger partial charge is 0.461 e. The van der Waals surface area contributed by atoms with Crippen molar-refractivity contribution in [3.8, 4) is 0 Å². The molecule has 1 heterocycles. The summed E-state index contributed by atoms with van der Waals surface area (Å²) in [4.78, 5) is 23.9. The van der Waals surface area contributed by atoms with E-state index in [2.05, 4.69) is 20.8 Å². The van der Waals surface area contributed by atoms with Crippen LogP contribution in [0.1, 0.15) is 129 Å². The van der Waals surface area contributed by atoms with Crippen molar-refractivity contribution in [2.45, 2.75) is 130 Å². The van der Waals surface area contributed by atoms with E-state index in [9.17, 15) is 14.9 Å². The summed E-state index contributed by atoms with van der Waals surface area (Å²) < 4.78 is 5.92. The molecule has 0 aliphatic carbocycles. The Morgan fingerprint density at radius 2 is 1.46 bits per heavy atom. The van der Waals surface area contributed by atoms with Crippen LogP contribution in [-0.4, -0.2) is 10.7 Å². The number of hydrogen-bond acceptors (Lipinski definition) is 4. The zero-order valence-electron chi connectivity index (χ0n) is 22.4. The van der Waals surface area contributed by atoms with E-state index in [-0.39, 0.29) is 16.0 Å². The van der Waals surface area contributed by atoms with Gasteiger partial charge in [0.2, 0.25) is 0 Å². The van der Waals surface area contributed by atoms with E-state index in [0.717, 1.165) is 49.7 Å². The highest BCUT2D eigenvalue weighted by atomic mass is 16.6. The first-order valence-electron chi connectivity index (χ1n) is 14.1. The van der Waals surface area contributed by atoms with Gasteiger partial charge in [-0.05, 0) is 31.4 Å². The number of benzene rings is 1. The molecule has 5 heteroatoms. The number of aryl methyl sites for hydroxylation is 1. The Kier molecular flexibility index (Phi) is 13.1. The number of furan rings is 1. The zero-order valence-corrected chi connectivity index (χ0v) is 22.4. The number of carbonyl (C=O) groups is 1. The predicted molar refractivity (Wildman–Crippen MR) is 145 cm³/mol. The molecule has 0 N–H and O–H groups in total. The van der Waals surface area contributed by atoms with Crippen LogP contribution in [0, 0.1) is 15.5 Å². The zero-order chi connectivity index (χ0) is 25.5. The van der Waals surface area contributed by atoms with Gasteiger partial charge in [-0.2, -0.15) is 0 Å². The summed E-state index contributed by atoms with van der Waals surface area (Å²) in [6.45, 7) is 6.55. The van der Waals surface area contributed by atoms with Crippen LogP contribution >= 0.6 is 0 Å². The number of nitro groups is 1. The molecule has 2 aromatic rings. The van der Waals surface area contributed by atoms with Crippen LogP contribution in [0.15, 0.2) is 28.7 Å². The Morgan fingerprint density at radius 1 is 0.857 bits per heavy atom. The van der Waals surface area contributed by atoms with Crippen LogP contribution in [0.3, 0.4) is 0 Å². The van der Waals surface area contributed by atoms with E-state index in [1.165, 1.54) is 63.9 Å². The van der Waals surface area contributed by atoms with Crippen LogP contribution < -0.4 is 0 Å². The summed E-state index contributed by atoms with van der Waals surface area (Å²) in [7, 11) is 0. The average molecular weight is 486 g/mol. The van der Waals surface area contributed by atoms with Crippen molar-refractivity contribution in [2.75, 3.05) is 0 Å². The molecule has 0 amide bonds. The summed E-state index contributed by atoms with van der Waals surface area (Å²) in [6, 6.07) is 6.57. The molecule has 35 heavy (non-hydrogen) atoms. The molecular weight excluding hydrogens is 438 g/mol. The van der Waals surface area contributed by atoms with Gasteiger partial charge in [-0.3, -0.25) is 14.9 Å². The summed E-state index contributed by atoms with van der Waals surface area (Å²) >= 11 is 0. The van der Waals surface area contributed by atoms with E-state index in [0.29, 0.717) is 24.2 Å². The Balaban J connectivity index is 1.77. The lowest BCUT2D eigenvalue weighted by atomic mass is 9.75. The van der Waals surface area contributed by atoms with Crippen molar-refractivity contribution >= 4 is 22.4 Å². The van der Waals surface area contributed by atoms with Crippen LogP contribution in [0.4, 0.5) is 5.69 Å². The first kappa shape index (κ1) is 29.1. The van der Waals surface area contributed by atoms with Crippen molar-refractivity contribution in [3.63, 3.8) is 0 Å². The molecule has 0 saturated heterocycles. The third-order valence-electron chi connectivity index (χ3n) is 7.45. The van der Waals surface area contributed by atoms with Gasteiger partial charge in [0.05, 0.1) is 4.92 Å². The standard InChI is InChI=1S/C30H47NO4/c1-4-6-8-9-10-11-12-13-14-15-16-17-29(32)30(3,21-7-5-2)22-20-27-24-25-23-26(31(33)34)18-19-28(25)35-27/h18-19,23-24H,4-17,20-22H2,1-3H3.